The molecule has 3 rings (SSSR count). The molecular weight excluding hydrogens is 354 g/mol. The van der Waals surface area contributed by atoms with Crippen molar-refractivity contribution < 1.29 is 14.1 Å². The second-order valence-electron chi connectivity index (χ2n) is 5.96. The van der Waals surface area contributed by atoms with E-state index in [1.165, 1.54) is 23.9 Å². The van der Waals surface area contributed by atoms with Gasteiger partial charge < -0.3 is 14.6 Å². The van der Waals surface area contributed by atoms with Crippen LogP contribution in [0.1, 0.15) is 19.1 Å². The van der Waals surface area contributed by atoms with Crippen LogP contribution in [0.4, 0.5) is 5.82 Å². The molecule has 0 aliphatic rings. The van der Waals surface area contributed by atoms with Gasteiger partial charge in [-0.1, -0.05) is 12.1 Å². The first-order chi connectivity index (χ1) is 12.9. The monoisotopic (exact) mass is 373 g/mol. The number of fused-ring (bicyclic) bond motifs is 1. The van der Waals surface area contributed by atoms with Crippen molar-refractivity contribution in [2.75, 3.05) is 11.9 Å². The Balaban J connectivity index is 2.03. The number of rotatable bonds is 6. The number of anilines is 1. The normalized spacial score (nSPS) is 10.9. The number of carbonyl (C=O) groups is 1. The van der Waals surface area contributed by atoms with Gasteiger partial charge in [-0.25, -0.2) is 14.3 Å². The third kappa shape index (κ3) is 3.59. The number of nitrogens with one attached hydrogen (secondary N) is 1. The molecule has 0 aromatic carbocycles. The fourth-order valence-electron chi connectivity index (χ4n) is 2.61. The zero-order valence-corrected chi connectivity index (χ0v) is 15.2. The summed E-state index contributed by atoms with van der Waals surface area (Å²) in [5, 5.41) is 6.28. The van der Waals surface area contributed by atoms with E-state index in [1.54, 1.807) is 13.0 Å². The molecule has 0 aliphatic carbocycles. The summed E-state index contributed by atoms with van der Waals surface area (Å²) in [6, 6.07) is 3.09. The van der Waals surface area contributed by atoms with Gasteiger partial charge in [0, 0.05) is 19.3 Å². The predicted molar refractivity (Wildman–Crippen MR) is 96.9 cm³/mol. The molecule has 10 nitrogen and oxygen atoms in total. The third-order valence-corrected chi connectivity index (χ3v) is 3.85. The number of nitrogens with zero attached hydrogens (tertiary/aromatic N) is 4. The number of ether oxygens (including phenoxy) is 1. The van der Waals surface area contributed by atoms with Gasteiger partial charge in [0.1, 0.15) is 23.4 Å². The van der Waals surface area contributed by atoms with Gasteiger partial charge in [0.15, 0.2) is 11.5 Å². The molecule has 3 heterocycles. The van der Waals surface area contributed by atoms with E-state index in [-0.39, 0.29) is 16.9 Å². The molecule has 0 fully saturated rings. The van der Waals surface area contributed by atoms with Gasteiger partial charge in [-0.3, -0.25) is 14.2 Å². The van der Waals surface area contributed by atoms with Crippen LogP contribution in [0.2, 0.25) is 0 Å². The molecule has 3 aromatic rings. The van der Waals surface area contributed by atoms with E-state index in [4.69, 9.17) is 9.26 Å². The maximum Gasteiger partial charge on any atom is 0.332 e. The van der Waals surface area contributed by atoms with Crippen LogP contribution in [-0.4, -0.2) is 31.8 Å². The quantitative estimate of drug-likeness (QED) is 0.679. The Morgan fingerprint density at radius 1 is 1.37 bits per heavy atom. The first kappa shape index (κ1) is 18.4. The minimum atomic E-state index is -0.654. The Morgan fingerprint density at radius 3 is 2.81 bits per heavy atom. The number of hydrogen-bond donors (Lipinski definition) is 1. The van der Waals surface area contributed by atoms with Crippen LogP contribution in [0.15, 0.2) is 32.4 Å². The van der Waals surface area contributed by atoms with Crippen LogP contribution < -0.4 is 21.3 Å². The Morgan fingerprint density at radius 2 is 2.15 bits per heavy atom. The van der Waals surface area contributed by atoms with Crippen LogP contribution >= 0.6 is 0 Å². The molecule has 0 saturated carbocycles. The van der Waals surface area contributed by atoms with Gasteiger partial charge in [-0.2, -0.15) is 0 Å². The molecule has 27 heavy (non-hydrogen) atoms. The summed E-state index contributed by atoms with van der Waals surface area (Å²) in [5.41, 5.74) is -1.10. The molecule has 0 aliphatic heterocycles. The maximum absolute atomic E-state index is 12.9. The lowest BCUT2D eigenvalue weighted by Crippen LogP contribution is -2.42. The van der Waals surface area contributed by atoms with E-state index in [0.717, 1.165) is 11.0 Å². The molecule has 0 atom stereocenters. The Hall–Kier alpha value is -3.43. The second kappa shape index (κ2) is 7.44. The highest BCUT2D eigenvalue weighted by Crippen LogP contribution is 2.19. The summed E-state index contributed by atoms with van der Waals surface area (Å²) in [6.07, 6.45) is 2.22. The van der Waals surface area contributed by atoms with Crippen LogP contribution in [-0.2, 0) is 18.4 Å². The summed E-state index contributed by atoms with van der Waals surface area (Å²) < 4.78 is 12.5. The van der Waals surface area contributed by atoms with Gasteiger partial charge in [-0.15, -0.1) is 0 Å². The highest BCUT2D eigenvalue weighted by Gasteiger charge is 2.18. The van der Waals surface area contributed by atoms with Crippen molar-refractivity contribution in [3.8, 4) is 5.75 Å². The van der Waals surface area contributed by atoms with Crippen LogP contribution in [0, 0.1) is 6.92 Å². The average Bonchev–Trinajstić information content (AvgIpc) is 3.05. The smallest absolute Gasteiger partial charge is 0.332 e. The Labute approximate surface area is 153 Å². The van der Waals surface area contributed by atoms with E-state index < -0.39 is 23.7 Å². The van der Waals surface area contributed by atoms with E-state index in [0.29, 0.717) is 18.1 Å². The average molecular weight is 373 g/mol. The summed E-state index contributed by atoms with van der Waals surface area (Å²) in [5.74, 6) is 0.468. The third-order valence-electron chi connectivity index (χ3n) is 3.85. The fourth-order valence-corrected chi connectivity index (χ4v) is 2.61. The number of aromatic nitrogens is 4. The van der Waals surface area contributed by atoms with E-state index in [9.17, 15) is 14.4 Å². The molecule has 0 bridgehead atoms. The van der Waals surface area contributed by atoms with Crippen molar-refractivity contribution in [3.63, 3.8) is 0 Å². The van der Waals surface area contributed by atoms with Gasteiger partial charge in [0.25, 0.3) is 5.56 Å². The van der Waals surface area contributed by atoms with E-state index in [2.05, 4.69) is 15.5 Å². The van der Waals surface area contributed by atoms with Gasteiger partial charge in [0.2, 0.25) is 5.91 Å². The van der Waals surface area contributed by atoms with Gasteiger partial charge >= 0.3 is 5.69 Å². The first-order valence-electron chi connectivity index (χ1n) is 8.37. The fraction of sp³-hybridized carbons (Fsp3) is 0.353. The van der Waals surface area contributed by atoms with Crippen LogP contribution in [0.3, 0.4) is 0 Å². The molecule has 1 amide bonds. The van der Waals surface area contributed by atoms with Crippen molar-refractivity contribution >= 4 is 22.8 Å². The molecule has 0 spiro atoms. The lowest BCUT2D eigenvalue weighted by molar-refractivity contribution is -0.116. The molecule has 142 valence electrons. The highest BCUT2D eigenvalue weighted by molar-refractivity contribution is 5.90. The summed E-state index contributed by atoms with van der Waals surface area (Å²) in [4.78, 5) is 41.8. The number of amides is 1. The summed E-state index contributed by atoms with van der Waals surface area (Å²) in [6.45, 7) is 3.55. The molecule has 10 heteroatoms. The minimum Gasteiger partial charge on any atom is -0.493 e. The topological polar surface area (TPSA) is 121 Å². The van der Waals surface area contributed by atoms with Crippen molar-refractivity contribution in [1.82, 2.24) is 19.3 Å². The maximum atomic E-state index is 12.9. The van der Waals surface area contributed by atoms with Crippen molar-refractivity contribution in [2.24, 2.45) is 7.05 Å². The molecule has 0 radical (unpaired) electrons. The second-order valence-corrected chi connectivity index (χ2v) is 5.96. The number of carbonyl (C=O) groups excluding carboxylic acids is 1. The number of aryl methyl sites for hydroxylation is 2. The molecule has 1 N–H and O–H groups in total. The summed E-state index contributed by atoms with van der Waals surface area (Å²) in [7, 11) is 1.48. The lowest BCUT2D eigenvalue weighted by atomic mass is 10.3. The zero-order chi connectivity index (χ0) is 19.6. The Kier molecular flexibility index (Phi) is 5.06. The van der Waals surface area contributed by atoms with Crippen molar-refractivity contribution in [2.45, 2.75) is 26.8 Å². The summed E-state index contributed by atoms with van der Waals surface area (Å²) >= 11 is 0. The SMILES string of the molecule is CCCOc1ccnc2c1c(=O)n(CC(=O)Nc1cc(C)on1)c(=O)n2C. The number of hydrogen-bond acceptors (Lipinski definition) is 7. The first-order valence-corrected chi connectivity index (χ1v) is 8.37. The zero-order valence-electron chi connectivity index (χ0n) is 15.2. The lowest BCUT2D eigenvalue weighted by Gasteiger charge is -2.12. The molecule has 0 unspecified atom stereocenters. The molecular formula is C17H19N5O5. The predicted octanol–water partition coefficient (Wildman–Crippen LogP) is 0.819. The van der Waals surface area contributed by atoms with Crippen LogP contribution in [0.5, 0.6) is 5.75 Å². The van der Waals surface area contributed by atoms with E-state index in [1.807, 2.05) is 6.92 Å². The molecule has 3 aromatic heterocycles. The molecule has 0 saturated heterocycles. The minimum absolute atomic E-state index is 0.151. The largest absolute Gasteiger partial charge is 0.493 e. The standard InChI is InChI=1S/C17H19N5O5/c1-4-7-26-11-5-6-18-15-14(11)16(24)22(17(25)21(15)3)9-13(23)19-12-8-10(2)27-20-12/h5-6,8H,4,7,9H2,1-3H3,(H,19,20,23). The number of pyridine rings is 1. The highest BCUT2D eigenvalue weighted by atomic mass is 16.5. The Bertz CT molecular complexity index is 1110. The van der Waals surface area contributed by atoms with Crippen molar-refractivity contribution in [3.05, 3.63) is 44.9 Å². The van der Waals surface area contributed by atoms with Gasteiger partial charge in [0.05, 0.1) is 6.61 Å². The van der Waals surface area contributed by atoms with Gasteiger partial charge in [-0.05, 0) is 19.4 Å². The van der Waals surface area contributed by atoms with Crippen LogP contribution in [0.25, 0.3) is 11.0 Å². The van der Waals surface area contributed by atoms with Crippen molar-refractivity contribution in [1.29, 1.82) is 0 Å². The van der Waals surface area contributed by atoms with E-state index >= 15 is 0 Å².